The van der Waals surface area contributed by atoms with Gasteiger partial charge in [0.15, 0.2) is 5.82 Å². The molecule has 3 amide bonds. The molecule has 1 aromatic heterocycles. The second-order valence-electron chi connectivity index (χ2n) is 12.9. The number of carbonyl (C=O) groups excluding carboxylic acids is 3. The van der Waals surface area contributed by atoms with E-state index in [1.807, 2.05) is 65.6 Å². The number of piperazine rings is 1. The fraction of sp³-hybridized carbons (Fsp3) is 0.389. The van der Waals surface area contributed by atoms with Crippen molar-refractivity contribution in [1.82, 2.24) is 35.7 Å². The Hall–Kier alpha value is -4.65. The van der Waals surface area contributed by atoms with Gasteiger partial charge in [-0.25, -0.2) is 5.10 Å². The van der Waals surface area contributed by atoms with Crippen molar-refractivity contribution in [2.75, 3.05) is 45.1 Å². The Morgan fingerprint density at radius 3 is 2.24 bits per heavy atom. The Labute approximate surface area is 292 Å². The number of rotatable bonds is 10. The van der Waals surface area contributed by atoms with E-state index >= 15 is 0 Å². The van der Waals surface area contributed by atoms with Gasteiger partial charge < -0.3 is 26.2 Å². The smallest absolute Gasteiger partial charge is 0.253 e. The van der Waals surface area contributed by atoms with Crippen LogP contribution in [0.5, 0.6) is 0 Å². The summed E-state index contributed by atoms with van der Waals surface area (Å²) in [6, 6.07) is 22.1. The molecule has 2 heterocycles. The summed E-state index contributed by atoms with van der Waals surface area (Å²) >= 11 is 0. The predicted molar refractivity (Wildman–Crippen MR) is 191 cm³/mol. The first-order valence-electron chi connectivity index (χ1n) is 16.7. The summed E-state index contributed by atoms with van der Waals surface area (Å²) in [6.07, 6.45) is 3.69. The Balaban J connectivity index is 0.00000468. The van der Waals surface area contributed by atoms with E-state index in [-0.39, 0.29) is 36.0 Å². The number of amides is 3. The predicted octanol–water partition coefficient (Wildman–Crippen LogP) is 3.77. The third kappa shape index (κ3) is 9.08. The number of likely N-dealkylation sites (N-methyl/N-ethyl adjacent to an activating group) is 1. The van der Waals surface area contributed by atoms with Crippen LogP contribution in [-0.4, -0.2) is 94.0 Å². The van der Waals surface area contributed by atoms with Gasteiger partial charge in [0.1, 0.15) is 6.04 Å². The molecule has 2 aliphatic rings. The number of nitrogens with two attached hydrogens (primary N) is 1. The van der Waals surface area contributed by atoms with Crippen molar-refractivity contribution >= 4 is 35.8 Å². The molecule has 258 valence electrons. The summed E-state index contributed by atoms with van der Waals surface area (Å²) in [5, 5.41) is 19.9. The van der Waals surface area contributed by atoms with Crippen LogP contribution in [0.25, 0.3) is 22.5 Å². The summed E-state index contributed by atoms with van der Waals surface area (Å²) in [7, 11) is 2.07. The van der Waals surface area contributed by atoms with Gasteiger partial charge in [0, 0.05) is 55.3 Å². The number of anilines is 1. The van der Waals surface area contributed by atoms with E-state index in [9.17, 15) is 14.4 Å². The molecule has 1 saturated heterocycles. The van der Waals surface area contributed by atoms with Crippen LogP contribution in [0.1, 0.15) is 41.6 Å². The highest BCUT2D eigenvalue weighted by Crippen LogP contribution is 2.29. The fourth-order valence-electron chi connectivity index (χ4n) is 6.47. The van der Waals surface area contributed by atoms with Crippen molar-refractivity contribution in [2.24, 2.45) is 17.6 Å². The minimum Gasteiger partial charge on any atom is -0.344 e. The molecule has 1 atom stereocenters. The van der Waals surface area contributed by atoms with Crippen LogP contribution in [0.2, 0.25) is 0 Å². The van der Waals surface area contributed by atoms with Gasteiger partial charge in [0.05, 0.1) is 0 Å². The van der Waals surface area contributed by atoms with Crippen LogP contribution in [0, 0.1) is 11.8 Å². The lowest BCUT2D eigenvalue weighted by molar-refractivity contribution is -0.130. The van der Waals surface area contributed by atoms with E-state index < -0.39 is 6.04 Å². The van der Waals surface area contributed by atoms with Gasteiger partial charge in [-0.15, -0.1) is 17.5 Å². The van der Waals surface area contributed by atoms with Gasteiger partial charge in [-0.05, 0) is 109 Å². The molecule has 2 fully saturated rings. The molecule has 0 bridgehead atoms. The molecule has 1 aliphatic carbocycles. The van der Waals surface area contributed by atoms with Crippen molar-refractivity contribution in [1.29, 1.82) is 0 Å². The SMILES string of the molecule is CN1CCN(C(=O)c2cccc(-c3ccc(C[C@H](NC(=O)C4CCC(CN)CC4)C(=O)Nc4ccc(-c5nnn[nH]5)cc4)cc3)c2)CC1.Cl. The molecular weight excluding hydrogens is 642 g/mol. The van der Waals surface area contributed by atoms with E-state index in [4.69, 9.17) is 5.73 Å². The summed E-state index contributed by atoms with van der Waals surface area (Å²) in [5.74, 6) is 0.491. The number of aromatic amines is 1. The van der Waals surface area contributed by atoms with E-state index in [0.29, 0.717) is 36.0 Å². The number of hydrogen-bond donors (Lipinski definition) is 4. The van der Waals surface area contributed by atoms with Gasteiger partial charge in [-0.2, -0.15) is 0 Å². The highest BCUT2D eigenvalue weighted by atomic mass is 35.5. The number of tetrazole rings is 1. The highest BCUT2D eigenvalue weighted by molar-refractivity contribution is 5.98. The summed E-state index contributed by atoms with van der Waals surface area (Å²) in [6.45, 7) is 3.82. The first-order valence-corrected chi connectivity index (χ1v) is 16.7. The zero-order chi connectivity index (χ0) is 33.5. The van der Waals surface area contributed by atoms with Crippen molar-refractivity contribution in [3.05, 3.63) is 83.9 Å². The number of nitrogens with zero attached hydrogens (tertiary/aromatic N) is 5. The van der Waals surface area contributed by atoms with Crippen molar-refractivity contribution in [3.8, 4) is 22.5 Å². The average Bonchev–Trinajstić information content (AvgIpc) is 3.67. The van der Waals surface area contributed by atoms with E-state index in [1.165, 1.54) is 0 Å². The maximum absolute atomic E-state index is 13.7. The van der Waals surface area contributed by atoms with Crippen LogP contribution in [0.3, 0.4) is 0 Å². The molecular formula is C36H44ClN9O3. The lowest BCUT2D eigenvalue weighted by atomic mass is 9.81. The molecule has 3 aromatic carbocycles. The van der Waals surface area contributed by atoms with Crippen LogP contribution >= 0.6 is 12.4 Å². The lowest BCUT2D eigenvalue weighted by Gasteiger charge is -2.32. The molecule has 1 aliphatic heterocycles. The second-order valence-corrected chi connectivity index (χ2v) is 12.9. The van der Waals surface area contributed by atoms with Crippen LogP contribution in [0.4, 0.5) is 5.69 Å². The highest BCUT2D eigenvalue weighted by Gasteiger charge is 2.29. The van der Waals surface area contributed by atoms with Crippen molar-refractivity contribution in [2.45, 2.75) is 38.1 Å². The lowest BCUT2D eigenvalue weighted by Crippen LogP contribution is -2.48. The zero-order valence-electron chi connectivity index (χ0n) is 27.7. The van der Waals surface area contributed by atoms with Gasteiger partial charge in [-0.3, -0.25) is 14.4 Å². The molecule has 0 radical (unpaired) electrons. The van der Waals surface area contributed by atoms with Gasteiger partial charge in [-0.1, -0.05) is 36.4 Å². The Morgan fingerprint density at radius 1 is 0.898 bits per heavy atom. The van der Waals surface area contributed by atoms with Crippen LogP contribution in [-0.2, 0) is 16.0 Å². The number of hydrogen-bond acceptors (Lipinski definition) is 8. The van der Waals surface area contributed by atoms with E-state index in [0.717, 1.165) is 74.1 Å². The van der Waals surface area contributed by atoms with Gasteiger partial charge in [0.25, 0.3) is 5.91 Å². The standard InChI is InChI=1S/C36H43N9O3.ClH/c1-44-17-19-45(20-18-44)36(48)30-4-2-3-29(22-30)26-9-5-24(6-10-26)21-32(39-34(46)28-11-7-25(23-37)8-12-28)35(47)38-31-15-13-27(14-16-31)33-40-42-43-41-33;/h2-6,9-10,13-16,22,25,28,32H,7-8,11-12,17-21,23,37H2,1H3,(H,38,47)(H,39,46)(H,40,41,42,43);1H/t25?,28?,32-;/m0./s1. The quantitative estimate of drug-likeness (QED) is 0.196. The molecule has 12 nitrogen and oxygen atoms in total. The molecule has 49 heavy (non-hydrogen) atoms. The summed E-state index contributed by atoms with van der Waals surface area (Å²) < 4.78 is 0. The fourth-order valence-corrected chi connectivity index (χ4v) is 6.47. The van der Waals surface area contributed by atoms with E-state index in [2.05, 4.69) is 43.2 Å². The van der Waals surface area contributed by atoms with Crippen molar-refractivity contribution in [3.63, 3.8) is 0 Å². The number of benzene rings is 3. The van der Waals surface area contributed by atoms with Gasteiger partial charge >= 0.3 is 0 Å². The molecule has 0 spiro atoms. The maximum Gasteiger partial charge on any atom is 0.253 e. The monoisotopic (exact) mass is 685 g/mol. The average molecular weight is 686 g/mol. The third-order valence-corrected chi connectivity index (χ3v) is 9.58. The largest absolute Gasteiger partial charge is 0.344 e. The number of carbonyl (C=O) groups is 3. The molecule has 0 unspecified atom stereocenters. The van der Waals surface area contributed by atoms with Crippen LogP contribution in [0.15, 0.2) is 72.8 Å². The zero-order valence-corrected chi connectivity index (χ0v) is 28.5. The molecule has 1 saturated carbocycles. The summed E-state index contributed by atoms with van der Waals surface area (Å²) in [4.78, 5) is 44.4. The van der Waals surface area contributed by atoms with Crippen LogP contribution < -0.4 is 16.4 Å². The minimum atomic E-state index is -0.779. The minimum absolute atomic E-state index is 0. The molecule has 5 N–H and O–H groups in total. The number of halogens is 1. The number of aromatic nitrogens is 4. The molecule has 4 aromatic rings. The second kappa shape index (κ2) is 16.6. The summed E-state index contributed by atoms with van der Waals surface area (Å²) in [5.41, 5.74) is 10.7. The normalized spacial score (nSPS) is 18.6. The maximum atomic E-state index is 13.7. The molecule has 13 heteroatoms. The Bertz CT molecular complexity index is 1680. The Kier molecular flexibility index (Phi) is 12.1. The Morgan fingerprint density at radius 2 is 1.59 bits per heavy atom. The van der Waals surface area contributed by atoms with E-state index in [1.54, 1.807) is 12.1 Å². The first kappa shape index (κ1) is 35.7. The number of H-pyrrole nitrogens is 1. The van der Waals surface area contributed by atoms with Crippen molar-refractivity contribution < 1.29 is 14.4 Å². The third-order valence-electron chi connectivity index (χ3n) is 9.58. The molecule has 6 rings (SSSR count). The topological polar surface area (TPSA) is 162 Å². The first-order chi connectivity index (χ1) is 23.4. The van der Waals surface area contributed by atoms with Gasteiger partial charge in [0.2, 0.25) is 11.8 Å². The number of nitrogens with one attached hydrogen (secondary N) is 3.